The molecular weight excluding hydrogens is 344 g/mol. The van der Waals surface area contributed by atoms with Crippen molar-refractivity contribution in [1.29, 1.82) is 0 Å². The van der Waals surface area contributed by atoms with Crippen molar-refractivity contribution in [3.05, 3.63) is 65.7 Å². The Bertz CT molecular complexity index is 824. The second-order valence-corrected chi connectivity index (χ2v) is 6.09. The molecule has 0 aliphatic carbocycles. The molecule has 1 heterocycles. The highest BCUT2D eigenvalue weighted by Gasteiger charge is 2.11. The van der Waals surface area contributed by atoms with Crippen LogP contribution in [0.15, 0.2) is 54.6 Å². The average molecular weight is 366 g/mol. The molecule has 1 saturated heterocycles. The van der Waals surface area contributed by atoms with Gasteiger partial charge in [-0.1, -0.05) is 18.2 Å². The summed E-state index contributed by atoms with van der Waals surface area (Å²) in [6, 6.07) is 14.6. The van der Waals surface area contributed by atoms with Crippen LogP contribution in [0.3, 0.4) is 0 Å². The van der Waals surface area contributed by atoms with Crippen molar-refractivity contribution >= 4 is 29.3 Å². The van der Waals surface area contributed by atoms with Gasteiger partial charge in [0.25, 0.3) is 0 Å². The molecule has 1 aliphatic heterocycles. The van der Waals surface area contributed by atoms with Gasteiger partial charge >= 0.3 is 5.97 Å². The number of nitrogens with one attached hydrogen (secondary N) is 1. The van der Waals surface area contributed by atoms with E-state index in [4.69, 9.17) is 4.74 Å². The third kappa shape index (κ3) is 5.18. The highest BCUT2D eigenvalue weighted by Crippen LogP contribution is 2.20. The largest absolute Gasteiger partial charge is 0.465 e. The predicted molar refractivity (Wildman–Crippen MR) is 105 cm³/mol. The summed E-state index contributed by atoms with van der Waals surface area (Å²) in [6.07, 6.45) is 3.16. The average Bonchev–Trinajstić information content (AvgIpc) is 2.73. The van der Waals surface area contributed by atoms with E-state index in [1.165, 1.54) is 13.2 Å². The van der Waals surface area contributed by atoms with Crippen LogP contribution in [0.4, 0.5) is 11.4 Å². The van der Waals surface area contributed by atoms with E-state index in [1.54, 1.807) is 30.3 Å². The van der Waals surface area contributed by atoms with Gasteiger partial charge < -0.3 is 19.7 Å². The molecular formula is C21H22N2O4. The van der Waals surface area contributed by atoms with Crippen LogP contribution in [0.5, 0.6) is 0 Å². The molecule has 0 aromatic heterocycles. The Labute approximate surface area is 158 Å². The SMILES string of the molecule is COC(=O)c1ccc(C=CC(=O)Nc2cccc(N3CCOCC3)c2)cc1. The van der Waals surface area contributed by atoms with E-state index >= 15 is 0 Å². The number of benzene rings is 2. The van der Waals surface area contributed by atoms with Crippen molar-refractivity contribution < 1.29 is 19.1 Å². The van der Waals surface area contributed by atoms with E-state index in [0.717, 1.165) is 30.0 Å². The lowest BCUT2D eigenvalue weighted by Crippen LogP contribution is -2.36. The van der Waals surface area contributed by atoms with Crippen molar-refractivity contribution in [2.24, 2.45) is 0 Å². The van der Waals surface area contributed by atoms with Gasteiger partial charge in [-0.25, -0.2) is 4.79 Å². The van der Waals surface area contributed by atoms with Gasteiger partial charge in [0.1, 0.15) is 0 Å². The number of esters is 1. The first-order chi connectivity index (χ1) is 13.2. The van der Waals surface area contributed by atoms with Crippen molar-refractivity contribution in [1.82, 2.24) is 0 Å². The minimum atomic E-state index is -0.386. The molecule has 0 radical (unpaired) electrons. The normalized spacial score (nSPS) is 14.2. The van der Waals surface area contributed by atoms with E-state index < -0.39 is 0 Å². The fraction of sp³-hybridized carbons (Fsp3) is 0.238. The zero-order valence-corrected chi connectivity index (χ0v) is 15.2. The second-order valence-electron chi connectivity index (χ2n) is 6.09. The highest BCUT2D eigenvalue weighted by atomic mass is 16.5. The maximum Gasteiger partial charge on any atom is 0.337 e. The molecule has 1 fully saturated rings. The predicted octanol–water partition coefficient (Wildman–Crippen LogP) is 2.96. The highest BCUT2D eigenvalue weighted by molar-refractivity contribution is 6.02. The summed E-state index contributed by atoms with van der Waals surface area (Å²) in [5, 5.41) is 2.87. The lowest BCUT2D eigenvalue weighted by atomic mass is 10.1. The molecule has 1 aliphatic rings. The molecule has 0 spiro atoms. The quantitative estimate of drug-likeness (QED) is 0.651. The van der Waals surface area contributed by atoms with Crippen molar-refractivity contribution in [3.63, 3.8) is 0 Å². The van der Waals surface area contributed by atoms with Gasteiger partial charge in [-0.15, -0.1) is 0 Å². The molecule has 0 atom stereocenters. The molecule has 0 unspecified atom stereocenters. The number of rotatable bonds is 5. The number of anilines is 2. The maximum absolute atomic E-state index is 12.2. The summed E-state index contributed by atoms with van der Waals surface area (Å²) < 4.78 is 10.0. The van der Waals surface area contributed by atoms with Crippen molar-refractivity contribution in [3.8, 4) is 0 Å². The summed E-state index contributed by atoms with van der Waals surface area (Å²) in [4.78, 5) is 25.8. The molecule has 1 amide bonds. The number of nitrogens with zero attached hydrogens (tertiary/aromatic N) is 1. The van der Waals surface area contributed by atoms with E-state index in [-0.39, 0.29) is 11.9 Å². The summed E-state index contributed by atoms with van der Waals surface area (Å²) in [5.74, 6) is -0.602. The molecule has 6 nitrogen and oxygen atoms in total. The number of carbonyl (C=O) groups is 2. The summed E-state index contributed by atoms with van der Waals surface area (Å²) in [6.45, 7) is 3.12. The zero-order valence-electron chi connectivity index (χ0n) is 15.2. The Balaban J connectivity index is 1.60. The monoisotopic (exact) mass is 366 g/mol. The Morgan fingerprint density at radius 1 is 1.11 bits per heavy atom. The van der Waals surface area contributed by atoms with Crippen LogP contribution in [0.1, 0.15) is 15.9 Å². The van der Waals surface area contributed by atoms with Gasteiger partial charge in [0.2, 0.25) is 5.91 Å². The van der Waals surface area contributed by atoms with Gasteiger partial charge in [-0.3, -0.25) is 4.79 Å². The molecule has 0 bridgehead atoms. The third-order valence-electron chi connectivity index (χ3n) is 4.25. The van der Waals surface area contributed by atoms with Crippen LogP contribution in [-0.2, 0) is 14.3 Å². The van der Waals surface area contributed by atoms with E-state index in [1.807, 2.05) is 24.3 Å². The smallest absolute Gasteiger partial charge is 0.337 e. The number of methoxy groups -OCH3 is 1. The number of morpholine rings is 1. The molecule has 6 heteroatoms. The zero-order chi connectivity index (χ0) is 19.1. The van der Waals surface area contributed by atoms with Crippen LogP contribution in [-0.4, -0.2) is 45.3 Å². The first-order valence-corrected chi connectivity index (χ1v) is 8.76. The van der Waals surface area contributed by atoms with Gasteiger partial charge in [-0.2, -0.15) is 0 Å². The van der Waals surface area contributed by atoms with Gasteiger partial charge in [-0.05, 0) is 42.0 Å². The number of hydrogen-bond donors (Lipinski definition) is 1. The Morgan fingerprint density at radius 2 is 1.85 bits per heavy atom. The van der Waals surface area contributed by atoms with Gasteiger partial charge in [0, 0.05) is 30.5 Å². The maximum atomic E-state index is 12.2. The number of hydrogen-bond acceptors (Lipinski definition) is 5. The first kappa shape index (κ1) is 18.7. The lowest BCUT2D eigenvalue weighted by molar-refractivity contribution is -0.111. The molecule has 2 aromatic carbocycles. The lowest BCUT2D eigenvalue weighted by Gasteiger charge is -2.29. The molecule has 0 saturated carbocycles. The Morgan fingerprint density at radius 3 is 2.56 bits per heavy atom. The summed E-state index contributed by atoms with van der Waals surface area (Å²) in [5.41, 5.74) is 3.10. The van der Waals surface area contributed by atoms with Crippen molar-refractivity contribution in [2.45, 2.75) is 0 Å². The number of carbonyl (C=O) groups excluding carboxylic acids is 2. The van der Waals surface area contributed by atoms with E-state index in [2.05, 4.69) is 15.0 Å². The molecule has 27 heavy (non-hydrogen) atoms. The van der Waals surface area contributed by atoms with Crippen LogP contribution in [0.25, 0.3) is 6.08 Å². The third-order valence-corrected chi connectivity index (χ3v) is 4.25. The van der Waals surface area contributed by atoms with Gasteiger partial charge in [0.05, 0.1) is 25.9 Å². The number of ether oxygens (including phenoxy) is 2. The Hall–Kier alpha value is -3.12. The molecule has 1 N–H and O–H groups in total. The van der Waals surface area contributed by atoms with Crippen LogP contribution in [0, 0.1) is 0 Å². The first-order valence-electron chi connectivity index (χ1n) is 8.76. The van der Waals surface area contributed by atoms with Crippen molar-refractivity contribution in [2.75, 3.05) is 43.6 Å². The van der Waals surface area contributed by atoms with Gasteiger partial charge in [0.15, 0.2) is 0 Å². The topological polar surface area (TPSA) is 67.9 Å². The standard InChI is InChI=1S/C21H22N2O4/c1-26-21(25)17-8-5-16(6-9-17)7-10-20(24)22-18-3-2-4-19(15-18)23-11-13-27-14-12-23/h2-10,15H,11-14H2,1H3,(H,22,24). The molecule has 140 valence electrons. The Kier molecular flexibility index (Phi) is 6.22. The molecule has 2 aromatic rings. The van der Waals surface area contributed by atoms with Crippen LogP contribution < -0.4 is 10.2 Å². The van der Waals surface area contributed by atoms with E-state index in [9.17, 15) is 9.59 Å². The fourth-order valence-electron chi connectivity index (χ4n) is 2.81. The van der Waals surface area contributed by atoms with E-state index in [0.29, 0.717) is 18.8 Å². The fourth-order valence-corrected chi connectivity index (χ4v) is 2.81. The second kappa shape index (κ2) is 9.00. The summed E-state index contributed by atoms with van der Waals surface area (Å²) >= 11 is 0. The number of amides is 1. The molecule has 3 rings (SSSR count). The summed E-state index contributed by atoms with van der Waals surface area (Å²) in [7, 11) is 1.34. The minimum absolute atomic E-state index is 0.217. The van der Waals surface area contributed by atoms with Crippen LogP contribution >= 0.6 is 0 Å². The minimum Gasteiger partial charge on any atom is -0.465 e. The van der Waals surface area contributed by atoms with Crippen LogP contribution in [0.2, 0.25) is 0 Å².